The van der Waals surface area contributed by atoms with Crippen LogP contribution in [0, 0.1) is 5.82 Å². The Kier molecular flexibility index (Phi) is 7.83. The summed E-state index contributed by atoms with van der Waals surface area (Å²) in [7, 11) is 4.04. The molecular formula is C29H33ClFN5O2. The number of halogens is 2. The smallest absolute Gasteiger partial charge is 0.211 e. The first-order valence-corrected chi connectivity index (χ1v) is 13.4. The Morgan fingerprint density at radius 1 is 1.24 bits per heavy atom. The van der Waals surface area contributed by atoms with Gasteiger partial charge >= 0.3 is 0 Å². The third-order valence-corrected chi connectivity index (χ3v) is 7.62. The molecule has 2 unspecified atom stereocenters. The number of carbonyl (C=O) groups excluding carboxylic acids is 1. The summed E-state index contributed by atoms with van der Waals surface area (Å²) in [6.07, 6.45) is 3.50. The lowest BCUT2D eigenvalue weighted by Crippen LogP contribution is -2.53. The van der Waals surface area contributed by atoms with Gasteiger partial charge in [-0.05, 0) is 74.4 Å². The molecule has 0 saturated carbocycles. The van der Waals surface area contributed by atoms with Crippen molar-refractivity contribution in [3.8, 4) is 16.9 Å². The van der Waals surface area contributed by atoms with E-state index in [1.54, 1.807) is 12.1 Å². The minimum absolute atomic E-state index is 0.00238. The summed E-state index contributed by atoms with van der Waals surface area (Å²) in [5.74, 6) is -0.0170. The average molecular weight is 538 g/mol. The summed E-state index contributed by atoms with van der Waals surface area (Å²) >= 11 is 6.82. The van der Waals surface area contributed by atoms with Gasteiger partial charge in [0.15, 0.2) is 5.82 Å². The predicted molar refractivity (Wildman–Crippen MR) is 152 cm³/mol. The maximum Gasteiger partial charge on any atom is 0.211 e. The van der Waals surface area contributed by atoms with E-state index in [1.807, 2.05) is 38.4 Å². The van der Waals surface area contributed by atoms with Crippen molar-refractivity contribution in [2.45, 2.75) is 31.3 Å². The zero-order valence-corrected chi connectivity index (χ0v) is 22.4. The summed E-state index contributed by atoms with van der Waals surface area (Å²) in [6, 6.07) is 12.9. The molecule has 9 heteroatoms. The fourth-order valence-electron chi connectivity index (χ4n) is 5.64. The second-order valence-electron chi connectivity index (χ2n) is 10.4. The molecule has 5 rings (SSSR count). The summed E-state index contributed by atoms with van der Waals surface area (Å²) < 4.78 is 16.4. The molecule has 0 spiro atoms. The van der Waals surface area contributed by atoms with Crippen LogP contribution in [-0.2, 0) is 4.79 Å². The van der Waals surface area contributed by atoms with E-state index >= 15 is 4.39 Å². The van der Waals surface area contributed by atoms with Gasteiger partial charge in [-0.3, -0.25) is 9.79 Å². The number of piperazine rings is 1. The van der Waals surface area contributed by atoms with Gasteiger partial charge in [0.25, 0.3) is 0 Å². The van der Waals surface area contributed by atoms with E-state index in [0.717, 1.165) is 49.7 Å². The fraction of sp³-hybridized carbons (Fsp3) is 0.379. The molecule has 0 aliphatic carbocycles. The molecule has 2 saturated heterocycles. The predicted octanol–water partition coefficient (Wildman–Crippen LogP) is 4.71. The van der Waals surface area contributed by atoms with Gasteiger partial charge in [0.2, 0.25) is 6.41 Å². The van der Waals surface area contributed by atoms with Crippen LogP contribution in [0.2, 0.25) is 5.02 Å². The number of phenols is 1. The second-order valence-corrected chi connectivity index (χ2v) is 10.8. The van der Waals surface area contributed by atoms with Crippen LogP contribution in [-0.4, -0.2) is 79.5 Å². The number of hydrogen-bond donors (Lipinski definition) is 3. The molecule has 0 radical (unpaired) electrons. The number of rotatable bonds is 8. The number of aliphatic imine (C=N–C) groups is 1. The highest BCUT2D eigenvalue weighted by Crippen LogP contribution is 2.42. The Labute approximate surface area is 227 Å². The van der Waals surface area contributed by atoms with Crippen LogP contribution in [0.15, 0.2) is 47.5 Å². The SMILES string of the molecule is CN(C)CCC/N=C(\c1cc(Cl)c(-c2cc(O)cc3ccccc23)c(F)c1NC=O)N1CC2CCC(C1)N2. The highest BCUT2D eigenvalue weighted by molar-refractivity contribution is 6.34. The third-order valence-electron chi connectivity index (χ3n) is 7.32. The molecule has 2 aliphatic rings. The zero-order valence-electron chi connectivity index (χ0n) is 21.7. The molecule has 200 valence electrons. The molecule has 0 aromatic heterocycles. The van der Waals surface area contributed by atoms with Crippen molar-refractivity contribution >= 4 is 40.3 Å². The number of nitrogens with one attached hydrogen (secondary N) is 2. The molecule has 2 bridgehead atoms. The first kappa shape index (κ1) is 26.4. The van der Waals surface area contributed by atoms with Crippen LogP contribution in [0.1, 0.15) is 24.8 Å². The Bertz CT molecular complexity index is 1370. The third kappa shape index (κ3) is 5.34. The molecule has 1 amide bonds. The number of benzene rings is 3. The Balaban J connectivity index is 1.65. The Hall–Kier alpha value is -3.20. The molecule has 3 N–H and O–H groups in total. The summed E-state index contributed by atoms with van der Waals surface area (Å²) in [4.78, 5) is 20.9. The van der Waals surface area contributed by atoms with Gasteiger partial charge in [-0.1, -0.05) is 35.9 Å². The van der Waals surface area contributed by atoms with Crippen molar-refractivity contribution in [1.82, 2.24) is 15.1 Å². The minimum atomic E-state index is -0.658. The second kappa shape index (κ2) is 11.3. The maximum absolute atomic E-state index is 16.4. The van der Waals surface area contributed by atoms with Crippen LogP contribution < -0.4 is 10.6 Å². The fourth-order valence-corrected chi connectivity index (χ4v) is 5.94. The molecule has 2 fully saturated rings. The number of aromatic hydroxyl groups is 1. The molecule has 2 atom stereocenters. The summed E-state index contributed by atoms with van der Waals surface area (Å²) in [6.45, 7) is 2.94. The van der Waals surface area contributed by atoms with Gasteiger partial charge in [0, 0.05) is 42.8 Å². The van der Waals surface area contributed by atoms with E-state index in [4.69, 9.17) is 16.6 Å². The van der Waals surface area contributed by atoms with Gasteiger partial charge < -0.3 is 25.5 Å². The molecule has 3 aromatic carbocycles. The quantitative estimate of drug-likeness (QED) is 0.168. The van der Waals surface area contributed by atoms with Crippen LogP contribution in [0.4, 0.5) is 10.1 Å². The van der Waals surface area contributed by atoms with Crippen molar-refractivity contribution in [3.05, 3.63) is 58.9 Å². The molecule has 3 aromatic rings. The number of fused-ring (bicyclic) bond motifs is 3. The minimum Gasteiger partial charge on any atom is -0.508 e. The van der Waals surface area contributed by atoms with E-state index in [-0.39, 0.29) is 22.0 Å². The number of anilines is 1. The van der Waals surface area contributed by atoms with Crippen LogP contribution in [0.5, 0.6) is 5.75 Å². The van der Waals surface area contributed by atoms with Crippen molar-refractivity contribution in [1.29, 1.82) is 0 Å². The number of amides is 1. The number of amidine groups is 1. The standard InChI is InChI=1S/C29H33ClFN5O2/c1-35(2)11-5-10-32-29(36-15-19-8-9-20(16-36)34-19)24-14-25(30)26(27(31)28(24)33-17-37)23-13-21(38)12-18-6-3-4-7-22(18)23/h3-4,6-7,12-14,17,19-20,34,38H,5,8-11,15-16H2,1-2H3,(H,33,37)/b32-29+. The van der Waals surface area contributed by atoms with Crippen molar-refractivity contribution in [2.24, 2.45) is 4.99 Å². The molecule has 2 heterocycles. The Morgan fingerprint density at radius 2 is 1.97 bits per heavy atom. The number of likely N-dealkylation sites (tertiary alicyclic amines) is 1. The summed E-state index contributed by atoms with van der Waals surface area (Å²) in [5, 5.41) is 18.3. The van der Waals surface area contributed by atoms with E-state index in [0.29, 0.717) is 42.0 Å². The van der Waals surface area contributed by atoms with E-state index in [2.05, 4.69) is 20.4 Å². The Morgan fingerprint density at radius 3 is 2.68 bits per heavy atom. The van der Waals surface area contributed by atoms with E-state index < -0.39 is 5.82 Å². The number of hydrogen-bond acceptors (Lipinski definition) is 5. The van der Waals surface area contributed by atoms with Gasteiger partial charge in [0.1, 0.15) is 11.6 Å². The largest absolute Gasteiger partial charge is 0.508 e. The zero-order chi connectivity index (χ0) is 26.8. The van der Waals surface area contributed by atoms with Gasteiger partial charge in [0.05, 0.1) is 10.7 Å². The maximum atomic E-state index is 16.4. The average Bonchev–Trinajstić information content (AvgIpc) is 3.22. The molecular weight excluding hydrogens is 505 g/mol. The van der Waals surface area contributed by atoms with E-state index in [1.165, 1.54) is 6.07 Å². The number of phenolic OH excluding ortho intramolecular Hbond substituents is 1. The van der Waals surface area contributed by atoms with Crippen LogP contribution >= 0.6 is 11.6 Å². The molecule has 7 nitrogen and oxygen atoms in total. The summed E-state index contributed by atoms with van der Waals surface area (Å²) in [5.41, 5.74) is 1.07. The van der Waals surface area contributed by atoms with E-state index in [9.17, 15) is 9.90 Å². The van der Waals surface area contributed by atoms with Crippen LogP contribution in [0.25, 0.3) is 21.9 Å². The molecule has 2 aliphatic heterocycles. The monoisotopic (exact) mass is 537 g/mol. The van der Waals surface area contributed by atoms with Crippen LogP contribution in [0.3, 0.4) is 0 Å². The first-order chi connectivity index (χ1) is 18.4. The van der Waals surface area contributed by atoms with Gasteiger partial charge in [-0.2, -0.15) is 0 Å². The number of carbonyl (C=O) groups is 1. The first-order valence-electron chi connectivity index (χ1n) is 13.0. The lowest BCUT2D eigenvalue weighted by molar-refractivity contribution is -0.105. The highest BCUT2D eigenvalue weighted by atomic mass is 35.5. The van der Waals surface area contributed by atoms with Gasteiger partial charge in [-0.15, -0.1) is 0 Å². The highest BCUT2D eigenvalue weighted by Gasteiger charge is 2.35. The molecule has 38 heavy (non-hydrogen) atoms. The topological polar surface area (TPSA) is 80.2 Å². The van der Waals surface area contributed by atoms with Gasteiger partial charge in [-0.25, -0.2) is 4.39 Å². The van der Waals surface area contributed by atoms with Crippen molar-refractivity contribution in [2.75, 3.05) is 45.6 Å². The van der Waals surface area contributed by atoms with Crippen molar-refractivity contribution < 1.29 is 14.3 Å². The normalized spacial score (nSPS) is 19.4. The lowest BCUT2D eigenvalue weighted by Gasteiger charge is -2.36. The van der Waals surface area contributed by atoms with Crippen molar-refractivity contribution in [3.63, 3.8) is 0 Å². The number of nitrogens with zero attached hydrogens (tertiary/aromatic N) is 3. The lowest BCUT2D eigenvalue weighted by atomic mass is 9.95.